The lowest BCUT2D eigenvalue weighted by atomic mass is 9.95. The largest absolute Gasteiger partial charge is 0.494 e. The van der Waals surface area contributed by atoms with Crippen molar-refractivity contribution in [2.24, 2.45) is 4.99 Å². The molecule has 0 saturated carbocycles. The van der Waals surface area contributed by atoms with Crippen molar-refractivity contribution in [3.63, 3.8) is 0 Å². The molecule has 4 aromatic carbocycles. The van der Waals surface area contributed by atoms with Crippen LogP contribution in [0.2, 0.25) is 5.02 Å². The fourth-order valence-corrected chi connectivity index (χ4v) is 6.66. The number of thiazole rings is 1. The Morgan fingerprint density at radius 3 is 2.45 bits per heavy atom. The average Bonchev–Trinajstić information content (AvgIpc) is 3.38. The molecular formula is C37H32ClN3O5S. The van der Waals surface area contributed by atoms with Gasteiger partial charge < -0.3 is 19.5 Å². The molecule has 0 aliphatic carbocycles. The molecule has 0 bridgehead atoms. The number of amides is 1. The minimum atomic E-state index is -0.728. The summed E-state index contributed by atoms with van der Waals surface area (Å²) in [5.41, 5.74) is 3.47. The number of aromatic nitrogens is 1. The Morgan fingerprint density at radius 1 is 0.979 bits per heavy atom. The van der Waals surface area contributed by atoms with Crippen LogP contribution in [0.3, 0.4) is 0 Å². The summed E-state index contributed by atoms with van der Waals surface area (Å²) in [6.45, 7) is 4.44. The Labute approximate surface area is 280 Å². The first-order chi connectivity index (χ1) is 22.9. The molecule has 0 radical (unpaired) electrons. The van der Waals surface area contributed by atoms with Crippen LogP contribution >= 0.6 is 22.9 Å². The van der Waals surface area contributed by atoms with Crippen LogP contribution < -0.4 is 34.4 Å². The molecule has 0 saturated heterocycles. The van der Waals surface area contributed by atoms with Crippen LogP contribution in [0.4, 0.5) is 5.69 Å². The number of para-hydroxylation sites is 2. The third-order valence-electron chi connectivity index (χ3n) is 7.65. The standard InChI is InChI=1S/C37H32ClN3O5S/c1-4-45-28-19-17-24(18-20-28)33-32(35(42)40-27-13-6-5-7-14-27)23(2)39-37-41(33)36(43)31(47-37)21-25-12-10-16-30(44-3)34(25)46-22-26-11-8-9-15-29(26)38/h5-21,33H,4,22H2,1-3H3,(H,40,42)/b31-21-/t33-/m1/s1. The molecule has 1 atom stereocenters. The van der Waals surface area contributed by atoms with Crippen LogP contribution in [0.25, 0.3) is 6.08 Å². The number of hydrogen-bond acceptors (Lipinski definition) is 7. The predicted octanol–water partition coefficient (Wildman–Crippen LogP) is 6.51. The zero-order chi connectivity index (χ0) is 32.9. The van der Waals surface area contributed by atoms with Crippen molar-refractivity contribution in [1.29, 1.82) is 0 Å². The second-order valence-electron chi connectivity index (χ2n) is 10.7. The van der Waals surface area contributed by atoms with Crippen molar-refractivity contribution in [1.82, 2.24) is 4.57 Å². The number of carbonyl (C=O) groups is 1. The average molecular weight is 666 g/mol. The first kappa shape index (κ1) is 31.8. The van der Waals surface area contributed by atoms with Gasteiger partial charge in [0.25, 0.3) is 11.5 Å². The van der Waals surface area contributed by atoms with Gasteiger partial charge in [0.15, 0.2) is 16.3 Å². The second-order valence-corrected chi connectivity index (χ2v) is 12.1. The van der Waals surface area contributed by atoms with E-state index in [2.05, 4.69) is 5.32 Å². The lowest BCUT2D eigenvalue weighted by Gasteiger charge is -2.25. The number of nitrogens with zero attached hydrogens (tertiary/aromatic N) is 2. The summed E-state index contributed by atoms with van der Waals surface area (Å²) in [6, 6.07) is 28.9. The molecule has 5 aromatic rings. The van der Waals surface area contributed by atoms with Crippen LogP contribution in [0, 0.1) is 0 Å². The van der Waals surface area contributed by atoms with Crippen LogP contribution in [0.1, 0.15) is 36.6 Å². The quantitative estimate of drug-likeness (QED) is 0.184. The maximum Gasteiger partial charge on any atom is 0.271 e. The number of hydrogen-bond donors (Lipinski definition) is 1. The van der Waals surface area contributed by atoms with Crippen molar-refractivity contribution in [3.8, 4) is 17.2 Å². The normalized spacial score (nSPS) is 14.3. The lowest BCUT2D eigenvalue weighted by Crippen LogP contribution is -2.40. The third-order valence-corrected chi connectivity index (χ3v) is 9.00. The summed E-state index contributed by atoms with van der Waals surface area (Å²) >= 11 is 7.63. The topological polar surface area (TPSA) is 91.2 Å². The number of methoxy groups -OCH3 is 1. The Morgan fingerprint density at radius 2 is 1.72 bits per heavy atom. The fourth-order valence-electron chi connectivity index (χ4n) is 5.43. The zero-order valence-electron chi connectivity index (χ0n) is 26.0. The summed E-state index contributed by atoms with van der Waals surface area (Å²) in [4.78, 5) is 33.4. The minimum absolute atomic E-state index is 0.207. The Kier molecular flexibility index (Phi) is 9.56. The number of halogens is 1. The van der Waals surface area contributed by atoms with E-state index in [4.69, 9.17) is 30.8 Å². The molecule has 238 valence electrons. The number of ether oxygens (including phenoxy) is 3. The number of allylic oxidation sites excluding steroid dienone is 1. The molecule has 47 heavy (non-hydrogen) atoms. The van der Waals surface area contributed by atoms with E-state index in [9.17, 15) is 9.59 Å². The van der Waals surface area contributed by atoms with Gasteiger partial charge >= 0.3 is 0 Å². The van der Waals surface area contributed by atoms with Gasteiger partial charge in [0.05, 0.1) is 35.6 Å². The fraction of sp³-hybridized carbons (Fsp3) is 0.162. The number of rotatable bonds is 10. The summed E-state index contributed by atoms with van der Waals surface area (Å²) < 4.78 is 19.5. The zero-order valence-corrected chi connectivity index (χ0v) is 27.6. The highest BCUT2D eigenvalue weighted by molar-refractivity contribution is 7.07. The van der Waals surface area contributed by atoms with Crippen LogP contribution in [0.5, 0.6) is 17.2 Å². The first-order valence-electron chi connectivity index (χ1n) is 15.0. The van der Waals surface area contributed by atoms with E-state index in [1.165, 1.54) is 11.3 Å². The highest BCUT2D eigenvalue weighted by atomic mass is 35.5. The Hall–Kier alpha value is -5.12. The van der Waals surface area contributed by atoms with Gasteiger partial charge in [-0.05, 0) is 61.9 Å². The lowest BCUT2D eigenvalue weighted by molar-refractivity contribution is -0.113. The Bertz CT molecular complexity index is 2140. The van der Waals surface area contributed by atoms with Gasteiger partial charge in [-0.25, -0.2) is 4.99 Å². The van der Waals surface area contributed by atoms with E-state index in [0.29, 0.717) is 60.7 Å². The second kappa shape index (κ2) is 14.1. The van der Waals surface area contributed by atoms with Crippen LogP contribution in [-0.2, 0) is 11.4 Å². The molecule has 1 amide bonds. The highest BCUT2D eigenvalue weighted by Crippen LogP contribution is 2.34. The highest BCUT2D eigenvalue weighted by Gasteiger charge is 2.32. The molecule has 10 heteroatoms. The molecule has 1 aliphatic heterocycles. The monoisotopic (exact) mass is 665 g/mol. The smallest absolute Gasteiger partial charge is 0.271 e. The van der Waals surface area contributed by atoms with Crippen LogP contribution in [0.15, 0.2) is 118 Å². The maximum atomic E-state index is 14.3. The number of nitrogens with one attached hydrogen (secondary N) is 1. The van der Waals surface area contributed by atoms with Crippen molar-refractivity contribution in [3.05, 3.63) is 150 Å². The number of fused-ring (bicyclic) bond motifs is 1. The molecule has 0 spiro atoms. The molecule has 1 N–H and O–H groups in total. The van der Waals surface area contributed by atoms with Gasteiger partial charge in [-0.15, -0.1) is 0 Å². The number of benzene rings is 4. The molecule has 1 aromatic heterocycles. The maximum absolute atomic E-state index is 14.3. The van der Waals surface area contributed by atoms with Crippen molar-refractivity contribution in [2.45, 2.75) is 26.5 Å². The van der Waals surface area contributed by atoms with Crippen molar-refractivity contribution in [2.75, 3.05) is 19.0 Å². The van der Waals surface area contributed by atoms with Gasteiger partial charge in [-0.1, -0.05) is 83.6 Å². The van der Waals surface area contributed by atoms with E-state index in [1.807, 2.05) is 91.9 Å². The van der Waals surface area contributed by atoms with Gasteiger partial charge in [-0.2, -0.15) is 0 Å². The Balaban J connectivity index is 1.46. The van der Waals surface area contributed by atoms with Gasteiger partial charge in [0, 0.05) is 21.8 Å². The molecule has 1 aliphatic rings. The summed E-state index contributed by atoms with van der Waals surface area (Å²) in [5.74, 6) is 1.35. The molecular weight excluding hydrogens is 634 g/mol. The van der Waals surface area contributed by atoms with Gasteiger partial charge in [0.2, 0.25) is 0 Å². The van der Waals surface area contributed by atoms with E-state index in [-0.39, 0.29) is 18.1 Å². The molecule has 6 rings (SSSR count). The number of carbonyl (C=O) groups excluding carboxylic acids is 1. The third kappa shape index (κ3) is 6.72. The first-order valence-corrected chi connectivity index (χ1v) is 16.2. The van der Waals surface area contributed by atoms with Gasteiger partial charge in [-0.3, -0.25) is 14.2 Å². The van der Waals surface area contributed by atoms with E-state index >= 15 is 0 Å². The van der Waals surface area contributed by atoms with E-state index in [1.54, 1.807) is 36.8 Å². The van der Waals surface area contributed by atoms with E-state index in [0.717, 1.165) is 11.1 Å². The predicted molar refractivity (Wildman–Crippen MR) is 185 cm³/mol. The molecule has 0 unspecified atom stereocenters. The van der Waals surface area contributed by atoms with Crippen molar-refractivity contribution >= 4 is 40.6 Å². The summed E-state index contributed by atoms with van der Waals surface area (Å²) in [6.07, 6.45) is 1.77. The number of anilines is 1. The minimum Gasteiger partial charge on any atom is -0.494 e. The van der Waals surface area contributed by atoms with Gasteiger partial charge in [0.1, 0.15) is 12.4 Å². The van der Waals surface area contributed by atoms with E-state index < -0.39 is 6.04 Å². The van der Waals surface area contributed by atoms with Crippen LogP contribution in [-0.4, -0.2) is 24.2 Å². The summed E-state index contributed by atoms with van der Waals surface area (Å²) in [5, 5.41) is 3.57. The molecule has 2 heterocycles. The summed E-state index contributed by atoms with van der Waals surface area (Å²) in [7, 11) is 1.57. The SMILES string of the molecule is CCOc1ccc([C@@H]2C(C(=O)Nc3ccccc3)=C(C)N=c3s/c(=C\c4cccc(OC)c4OCc4ccccc4Cl)c(=O)n32)cc1. The molecule has 8 nitrogen and oxygen atoms in total. The van der Waals surface area contributed by atoms with Crippen molar-refractivity contribution < 1.29 is 19.0 Å². The molecule has 0 fully saturated rings.